The number of amides is 1. The number of fused-ring (bicyclic) bond motifs is 1. The number of benzene rings is 1. The fourth-order valence-electron chi connectivity index (χ4n) is 4.57. The fourth-order valence-corrected chi connectivity index (χ4v) is 6.95. The minimum absolute atomic E-state index is 0.00166. The zero-order chi connectivity index (χ0) is 26.0. The summed E-state index contributed by atoms with van der Waals surface area (Å²) in [5.74, 6) is 0.889. The highest BCUT2D eigenvalue weighted by Crippen LogP contribution is 2.37. The highest BCUT2D eigenvalue weighted by molar-refractivity contribution is 7.90. The number of carbonyl (C=O) groups is 1. The van der Waals surface area contributed by atoms with Gasteiger partial charge < -0.3 is 14.8 Å². The summed E-state index contributed by atoms with van der Waals surface area (Å²) in [4.78, 5) is 16.0. The van der Waals surface area contributed by atoms with Crippen molar-refractivity contribution in [2.24, 2.45) is 11.8 Å². The topological polar surface area (TPSA) is 101 Å². The molecule has 1 aromatic carbocycles. The van der Waals surface area contributed by atoms with Crippen LogP contribution in [0.15, 0.2) is 30.3 Å². The van der Waals surface area contributed by atoms with E-state index < -0.39 is 16.3 Å². The molecule has 36 heavy (non-hydrogen) atoms. The molecule has 196 valence electrons. The van der Waals surface area contributed by atoms with Crippen LogP contribution in [-0.2, 0) is 21.6 Å². The van der Waals surface area contributed by atoms with Crippen LogP contribution in [0.3, 0.4) is 0 Å². The van der Waals surface area contributed by atoms with Gasteiger partial charge in [0.1, 0.15) is 12.7 Å². The molecule has 0 aliphatic carbocycles. The van der Waals surface area contributed by atoms with Gasteiger partial charge in [0.15, 0.2) is 11.6 Å². The Morgan fingerprint density at radius 3 is 2.44 bits per heavy atom. The van der Waals surface area contributed by atoms with Crippen LogP contribution in [0.4, 0.5) is 5.82 Å². The predicted octanol–water partition coefficient (Wildman–Crippen LogP) is 3.89. The number of pyridine rings is 1. The third-order valence-corrected chi connectivity index (χ3v) is 8.70. The van der Waals surface area contributed by atoms with E-state index in [9.17, 15) is 13.2 Å². The predicted molar refractivity (Wildman–Crippen MR) is 139 cm³/mol. The minimum atomic E-state index is -3.92. The Morgan fingerprint density at radius 1 is 1.14 bits per heavy atom. The highest BCUT2D eigenvalue weighted by atomic mass is 35.5. The molecule has 12 heteroatoms. The molecule has 1 saturated heterocycles. The Kier molecular flexibility index (Phi) is 8.18. The second kappa shape index (κ2) is 11.0. The minimum Gasteiger partial charge on any atom is -0.483 e. The van der Waals surface area contributed by atoms with Gasteiger partial charge in [-0.25, -0.2) is 4.31 Å². The number of anilines is 1. The Bertz CT molecular complexity index is 1200. The molecular weight excluding hydrogens is 527 g/mol. The Morgan fingerprint density at radius 2 is 1.81 bits per heavy atom. The number of aromatic nitrogens is 1. The molecule has 2 unspecified atom stereocenters. The van der Waals surface area contributed by atoms with Gasteiger partial charge in [-0.05, 0) is 36.5 Å². The summed E-state index contributed by atoms with van der Waals surface area (Å²) < 4.78 is 42.3. The van der Waals surface area contributed by atoms with Crippen LogP contribution in [0.2, 0.25) is 10.0 Å². The average molecular weight is 558 g/mol. The van der Waals surface area contributed by atoms with Crippen LogP contribution in [0.25, 0.3) is 0 Å². The molecule has 1 N–H and O–H groups in total. The lowest BCUT2D eigenvalue weighted by molar-refractivity contribution is -0.119. The van der Waals surface area contributed by atoms with Crippen LogP contribution in [-0.4, -0.2) is 55.9 Å². The first kappa shape index (κ1) is 26.8. The van der Waals surface area contributed by atoms with Gasteiger partial charge in [0.2, 0.25) is 11.8 Å². The third-order valence-electron chi connectivity index (χ3n) is 6.16. The summed E-state index contributed by atoms with van der Waals surface area (Å²) in [6, 6.07) is 8.38. The number of nitrogens with zero attached hydrogens (tertiary/aromatic N) is 3. The van der Waals surface area contributed by atoms with Crippen LogP contribution >= 0.6 is 23.2 Å². The lowest BCUT2D eigenvalue weighted by Gasteiger charge is -2.40. The van der Waals surface area contributed by atoms with E-state index in [1.54, 1.807) is 30.3 Å². The van der Waals surface area contributed by atoms with Crippen LogP contribution in [0.1, 0.15) is 32.8 Å². The first-order chi connectivity index (χ1) is 17.0. The number of nitrogens with one attached hydrogen (secondary N) is 1. The molecule has 0 bridgehead atoms. The molecule has 2 aromatic rings. The zero-order valence-corrected chi connectivity index (χ0v) is 22.7. The molecule has 3 heterocycles. The van der Waals surface area contributed by atoms with Crippen molar-refractivity contribution in [1.82, 2.24) is 14.6 Å². The van der Waals surface area contributed by atoms with Gasteiger partial charge in [0.05, 0.1) is 13.1 Å². The Balaban J connectivity index is 1.64. The molecule has 1 amide bonds. The number of piperidine rings is 1. The quantitative estimate of drug-likeness (QED) is 0.555. The maximum absolute atomic E-state index is 13.9. The molecule has 9 nitrogen and oxygen atoms in total. The van der Waals surface area contributed by atoms with Crippen molar-refractivity contribution < 1.29 is 22.7 Å². The first-order valence-corrected chi connectivity index (χ1v) is 14.0. The molecule has 4 rings (SSSR count). The van der Waals surface area contributed by atoms with E-state index in [1.807, 2.05) is 0 Å². The van der Waals surface area contributed by atoms with E-state index in [0.717, 1.165) is 6.42 Å². The normalized spacial score (nSPS) is 22.5. The van der Waals surface area contributed by atoms with Gasteiger partial charge in [0, 0.05) is 41.7 Å². The lowest BCUT2D eigenvalue weighted by atomic mass is 9.94. The summed E-state index contributed by atoms with van der Waals surface area (Å²) in [6.07, 6.45) is 0.392. The van der Waals surface area contributed by atoms with E-state index in [4.69, 9.17) is 32.7 Å². The summed E-state index contributed by atoms with van der Waals surface area (Å²) in [5.41, 5.74) is 0.604. The molecule has 0 spiro atoms. The molecule has 2 aliphatic heterocycles. The van der Waals surface area contributed by atoms with Crippen molar-refractivity contribution in [1.29, 1.82) is 0 Å². The number of ether oxygens (including phenoxy) is 2. The highest BCUT2D eigenvalue weighted by Gasteiger charge is 2.40. The molecule has 1 aromatic heterocycles. The van der Waals surface area contributed by atoms with Gasteiger partial charge in [-0.2, -0.15) is 17.7 Å². The van der Waals surface area contributed by atoms with Crippen molar-refractivity contribution in [2.45, 2.75) is 39.9 Å². The van der Waals surface area contributed by atoms with Crippen LogP contribution in [0.5, 0.6) is 11.6 Å². The zero-order valence-electron chi connectivity index (χ0n) is 20.4. The molecule has 0 radical (unpaired) electrons. The second-order valence-electron chi connectivity index (χ2n) is 9.44. The van der Waals surface area contributed by atoms with Crippen molar-refractivity contribution in [2.75, 3.05) is 30.5 Å². The molecule has 0 saturated carbocycles. The van der Waals surface area contributed by atoms with Gasteiger partial charge >= 0.3 is 10.2 Å². The molecular formula is C24H30Cl2N4O5S. The number of carbonyl (C=O) groups excluding carboxylic acids is 1. The van der Waals surface area contributed by atoms with Crippen molar-refractivity contribution in [3.05, 3.63) is 45.9 Å². The monoisotopic (exact) mass is 556 g/mol. The van der Waals surface area contributed by atoms with Crippen LogP contribution < -0.4 is 19.1 Å². The lowest BCUT2D eigenvalue weighted by Crippen LogP contribution is -2.55. The van der Waals surface area contributed by atoms with Gasteiger partial charge in [-0.3, -0.25) is 4.79 Å². The van der Waals surface area contributed by atoms with Crippen molar-refractivity contribution >= 4 is 45.1 Å². The standard InChI is InChI=1S/C24H30Cl2N4O5S/c1-15-9-16(2)12-29(11-15)36(32,33)30-13-18(10-27-17(3)31)35-22-7-8-23(28-24(22)30)34-14-19-20(25)5-4-6-21(19)26/h4-8,15-16,18H,9-14H2,1-3H3,(H,27,31)/t15?,16?,18-/m0/s1. The summed E-state index contributed by atoms with van der Waals surface area (Å²) in [7, 11) is -3.92. The maximum atomic E-state index is 13.9. The molecule has 3 atom stereocenters. The van der Waals surface area contributed by atoms with Crippen molar-refractivity contribution in [3.63, 3.8) is 0 Å². The SMILES string of the molecule is CC(=O)NC[C@H]1CN(S(=O)(=O)N2CC(C)CC(C)C2)c2nc(OCc3c(Cl)cccc3Cl)ccc2O1. The number of hydrogen-bond acceptors (Lipinski definition) is 6. The van der Waals surface area contributed by atoms with Crippen molar-refractivity contribution in [3.8, 4) is 11.6 Å². The van der Waals surface area contributed by atoms with E-state index in [0.29, 0.717) is 34.4 Å². The van der Waals surface area contributed by atoms with E-state index >= 15 is 0 Å². The average Bonchev–Trinajstić information content (AvgIpc) is 2.81. The number of halogens is 2. The van der Waals surface area contributed by atoms with E-state index in [1.165, 1.54) is 15.5 Å². The van der Waals surface area contributed by atoms with Gasteiger partial charge in [-0.15, -0.1) is 0 Å². The maximum Gasteiger partial charge on any atom is 0.305 e. The summed E-state index contributed by atoms with van der Waals surface area (Å²) in [5, 5.41) is 3.62. The van der Waals surface area contributed by atoms with E-state index in [2.05, 4.69) is 24.1 Å². The largest absolute Gasteiger partial charge is 0.483 e. The Hall–Kier alpha value is -2.27. The first-order valence-electron chi connectivity index (χ1n) is 11.8. The fraction of sp³-hybridized carbons (Fsp3) is 0.500. The molecule has 2 aliphatic rings. The van der Waals surface area contributed by atoms with Crippen LogP contribution in [0, 0.1) is 11.8 Å². The summed E-state index contributed by atoms with van der Waals surface area (Å²) in [6.45, 7) is 6.58. The number of rotatable bonds is 7. The number of hydrogen-bond donors (Lipinski definition) is 1. The smallest absolute Gasteiger partial charge is 0.305 e. The summed E-state index contributed by atoms with van der Waals surface area (Å²) >= 11 is 12.5. The Labute approximate surface area is 221 Å². The van der Waals surface area contributed by atoms with Gasteiger partial charge in [0.25, 0.3) is 0 Å². The van der Waals surface area contributed by atoms with E-state index in [-0.39, 0.29) is 49.1 Å². The second-order valence-corrected chi connectivity index (χ2v) is 12.1. The van der Waals surface area contributed by atoms with Gasteiger partial charge in [-0.1, -0.05) is 43.1 Å². The molecule has 1 fully saturated rings. The third kappa shape index (κ3) is 5.99.